The Morgan fingerprint density at radius 2 is 1.88 bits per heavy atom. The number of nitro groups is 1. The summed E-state index contributed by atoms with van der Waals surface area (Å²) in [6.45, 7) is 4.98. The maximum Gasteiger partial charge on any atom is 0.292 e. The Balaban J connectivity index is 2.68. The van der Waals surface area contributed by atoms with Gasteiger partial charge in [0.2, 0.25) is 11.8 Å². The van der Waals surface area contributed by atoms with E-state index in [4.69, 9.17) is 11.6 Å². The number of carbonyl (C=O) groups is 2. The SMILES string of the molecule is CCN(CC)C(=O)CN(C)CC(=O)Nc1cc(Cl)ccc1[N+](=O)[O-]. The van der Waals surface area contributed by atoms with Gasteiger partial charge < -0.3 is 10.2 Å². The van der Waals surface area contributed by atoms with Crippen LogP contribution in [-0.2, 0) is 9.59 Å². The van der Waals surface area contributed by atoms with E-state index in [-0.39, 0.29) is 35.4 Å². The second-order valence-electron chi connectivity index (χ2n) is 5.21. The second-order valence-corrected chi connectivity index (χ2v) is 5.64. The van der Waals surface area contributed by atoms with Gasteiger partial charge in [-0.1, -0.05) is 11.6 Å². The van der Waals surface area contributed by atoms with E-state index in [2.05, 4.69) is 5.32 Å². The number of likely N-dealkylation sites (N-methyl/N-ethyl adjacent to an activating group) is 2. The number of nitrogens with zero attached hydrogens (tertiary/aromatic N) is 3. The molecule has 1 rings (SSSR count). The molecule has 24 heavy (non-hydrogen) atoms. The van der Waals surface area contributed by atoms with E-state index in [1.807, 2.05) is 13.8 Å². The number of halogens is 1. The molecule has 1 N–H and O–H groups in total. The van der Waals surface area contributed by atoms with Crippen LogP contribution < -0.4 is 5.32 Å². The molecule has 0 heterocycles. The van der Waals surface area contributed by atoms with Crippen LogP contribution in [0.5, 0.6) is 0 Å². The second kappa shape index (κ2) is 9.19. The van der Waals surface area contributed by atoms with Crippen LogP contribution in [0.15, 0.2) is 18.2 Å². The van der Waals surface area contributed by atoms with Gasteiger partial charge >= 0.3 is 0 Å². The van der Waals surface area contributed by atoms with Crippen LogP contribution >= 0.6 is 11.6 Å². The first-order valence-corrected chi connectivity index (χ1v) is 7.86. The Bertz CT molecular complexity index is 619. The molecule has 9 heteroatoms. The topological polar surface area (TPSA) is 95.8 Å². The van der Waals surface area contributed by atoms with Crippen molar-refractivity contribution in [2.75, 3.05) is 38.5 Å². The molecule has 0 aliphatic rings. The summed E-state index contributed by atoms with van der Waals surface area (Å²) in [5.41, 5.74) is -0.212. The minimum absolute atomic E-state index is 0.0287. The fourth-order valence-corrected chi connectivity index (χ4v) is 2.34. The molecule has 0 saturated carbocycles. The Morgan fingerprint density at radius 3 is 2.42 bits per heavy atom. The summed E-state index contributed by atoms with van der Waals surface area (Å²) in [5, 5.41) is 13.7. The van der Waals surface area contributed by atoms with E-state index >= 15 is 0 Å². The third kappa shape index (κ3) is 5.78. The first kappa shape index (κ1) is 19.9. The van der Waals surface area contributed by atoms with Crippen LogP contribution in [0, 0.1) is 10.1 Å². The number of amides is 2. The predicted molar refractivity (Wildman–Crippen MR) is 92.2 cm³/mol. The zero-order valence-corrected chi connectivity index (χ0v) is 14.7. The summed E-state index contributed by atoms with van der Waals surface area (Å²) >= 11 is 5.81. The number of carbonyl (C=O) groups excluding carboxylic acids is 2. The zero-order chi connectivity index (χ0) is 18.3. The standard InChI is InChI=1S/C15H21ClN4O4/c1-4-19(5-2)15(22)10-18(3)9-14(21)17-12-8-11(16)6-7-13(12)20(23)24/h6-8H,4-5,9-10H2,1-3H3,(H,17,21). The van der Waals surface area contributed by atoms with Gasteiger partial charge in [0.1, 0.15) is 5.69 Å². The Morgan fingerprint density at radius 1 is 1.25 bits per heavy atom. The summed E-state index contributed by atoms with van der Waals surface area (Å²) in [4.78, 5) is 37.6. The average molecular weight is 357 g/mol. The van der Waals surface area contributed by atoms with E-state index in [1.54, 1.807) is 16.8 Å². The highest BCUT2D eigenvalue weighted by Crippen LogP contribution is 2.27. The lowest BCUT2D eigenvalue weighted by Crippen LogP contribution is -2.41. The highest BCUT2D eigenvalue weighted by molar-refractivity contribution is 6.31. The van der Waals surface area contributed by atoms with Crippen molar-refractivity contribution in [3.05, 3.63) is 33.3 Å². The van der Waals surface area contributed by atoms with Gasteiger partial charge in [0.15, 0.2) is 0 Å². The van der Waals surface area contributed by atoms with Crippen LogP contribution in [0.25, 0.3) is 0 Å². The van der Waals surface area contributed by atoms with E-state index in [0.29, 0.717) is 13.1 Å². The number of hydrogen-bond donors (Lipinski definition) is 1. The van der Waals surface area contributed by atoms with Crippen LogP contribution in [-0.4, -0.2) is 59.8 Å². The quantitative estimate of drug-likeness (QED) is 0.567. The molecule has 0 aliphatic heterocycles. The van der Waals surface area contributed by atoms with Crippen LogP contribution in [0.4, 0.5) is 11.4 Å². The number of hydrogen-bond acceptors (Lipinski definition) is 5. The van der Waals surface area contributed by atoms with Crippen molar-refractivity contribution in [2.24, 2.45) is 0 Å². The van der Waals surface area contributed by atoms with E-state index in [0.717, 1.165) is 0 Å². The normalized spacial score (nSPS) is 10.5. The van der Waals surface area contributed by atoms with E-state index in [1.165, 1.54) is 18.2 Å². The van der Waals surface area contributed by atoms with Crippen LogP contribution in [0.3, 0.4) is 0 Å². The highest BCUT2D eigenvalue weighted by atomic mass is 35.5. The molecule has 1 aromatic rings. The fraction of sp³-hybridized carbons (Fsp3) is 0.467. The molecule has 0 unspecified atom stereocenters. The van der Waals surface area contributed by atoms with Gasteiger partial charge in [0, 0.05) is 24.2 Å². The summed E-state index contributed by atoms with van der Waals surface area (Å²) < 4.78 is 0. The van der Waals surface area contributed by atoms with Gasteiger partial charge in [-0.05, 0) is 33.0 Å². The molecule has 0 aromatic heterocycles. The fourth-order valence-electron chi connectivity index (χ4n) is 2.17. The predicted octanol–water partition coefficient (Wildman–Crippen LogP) is 1.99. The molecule has 0 fully saturated rings. The summed E-state index contributed by atoms with van der Waals surface area (Å²) in [6.07, 6.45) is 0. The van der Waals surface area contributed by atoms with Crippen molar-refractivity contribution in [3.63, 3.8) is 0 Å². The number of rotatable bonds is 8. The van der Waals surface area contributed by atoms with Gasteiger partial charge in [-0.3, -0.25) is 24.6 Å². The molecule has 0 saturated heterocycles. The van der Waals surface area contributed by atoms with Crippen LogP contribution in [0.1, 0.15) is 13.8 Å². The maximum atomic E-state index is 12.1. The Hall–Kier alpha value is -2.19. The summed E-state index contributed by atoms with van der Waals surface area (Å²) in [5.74, 6) is -0.542. The van der Waals surface area contributed by atoms with E-state index < -0.39 is 10.8 Å². The molecular weight excluding hydrogens is 336 g/mol. The average Bonchev–Trinajstić information content (AvgIpc) is 2.47. The molecule has 132 valence electrons. The molecule has 0 radical (unpaired) electrons. The van der Waals surface area contributed by atoms with Crippen molar-refractivity contribution in [1.29, 1.82) is 0 Å². The number of anilines is 1. The van der Waals surface area contributed by atoms with Crippen LogP contribution in [0.2, 0.25) is 5.02 Å². The van der Waals surface area contributed by atoms with Gasteiger partial charge in [0.05, 0.1) is 18.0 Å². The summed E-state index contributed by atoms with van der Waals surface area (Å²) in [7, 11) is 1.63. The molecule has 2 amide bonds. The van der Waals surface area contributed by atoms with Gasteiger partial charge in [-0.2, -0.15) is 0 Å². The van der Waals surface area contributed by atoms with Crippen molar-refractivity contribution in [2.45, 2.75) is 13.8 Å². The third-order valence-corrected chi connectivity index (χ3v) is 3.60. The minimum atomic E-state index is -0.598. The van der Waals surface area contributed by atoms with Crippen molar-refractivity contribution < 1.29 is 14.5 Å². The number of benzene rings is 1. The number of nitrogens with one attached hydrogen (secondary N) is 1. The molecular formula is C15H21ClN4O4. The summed E-state index contributed by atoms with van der Waals surface area (Å²) in [6, 6.07) is 3.93. The zero-order valence-electron chi connectivity index (χ0n) is 13.9. The van der Waals surface area contributed by atoms with Crippen molar-refractivity contribution in [1.82, 2.24) is 9.80 Å². The van der Waals surface area contributed by atoms with Gasteiger partial charge in [-0.15, -0.1) is 0 Å². The smallest absolute Gasteiger partial charge is 0.292 e. The molecule has 0 bridgehead atoms. The maximum absolute atomic E-state index is 12.1. The first-order valence-electron chi connectivity index (χ1n) is 7.48. The lowest BCUT2D eigenvalue weighted by Gasteiger charge is -2.22. The molecule has 0 aliphatic carbocycles. The highest BCUT2D eigenvalue weighted by Gasteiger charge is 2.18. The number of nitro benzene ring substituents is 1. The Kier molecular flexibility index (Phi) is 7.60. The molecule has 0 spiro atoms. The van der Waals surface area contributed by atoms with Crippen molar-refractivity contribution in [3.8, 4) is 0 Å². The lowest BCUT2D eigenvalue weighted by atomic mass is 10.2. The van der Waals surface area contributed by atoms with Gasteiger partial charge in [-0.25, -0.2) is 0 Å². The third-order valence-electron chi connectivity index (χ3n) is 3.36. The van der Waals surface area contributed by atoms with Crippen molar-refractivity contribution >= 4 is 34.8 Å². The van der Waals surface area contributed by atoms with E-state index in [9.17, 15) is 19.7 Å². The monoisotopic (exact) mass is 356 g/mol. The first-order chi connectivity index (χ1) is 11.3. The Labute approximate surface area is 145 Å². The molecule has 8 nitrogen and oxygen atoms in total. The molecule has 1 aromatic carbocycles. The molecule has 0 atom stereocenters. The largest absolute Gasteiger partial charge is 0.342 e. The minimum Gasteiger partial charge on any atom is -0.342 e. The van der Waals surface area contributed by atoms with Gasteiger partial charge in [0.25, 0.3) is 5.69 Å². The lowest BCUT2D eigenvalue weighted by molar-refractivity contribution is -0.383.